The van der Waals surface area contributed by atoms with Crippen molar-refractivity contribution in [3.63, 3.8) is 0 Å². The van der Waals surface area contributed by atoms with Crippen LogP contribution in [0.4, 0.5) is 0 Å². The van der Waals surface area contributed by atoms with Crippen molar-refractivity contribution in [2.45, 2.75) is 24.3 Å². The molecule has 2 N–H and O–H groups in total. The lowest BCUT2D eigenvalue weighted by Gasteiger charge is -2.26. The molecule has 1 fully saturated rings. The van der Waals surface area contributed by atoms with Crippen LogP contribution in [0.25, 0.3) is 0 Å². The van der Waals surface area contributed by atoms with E-state index in [0.29, 0.717) is 6.42 Å². The van der Waals surface area contributed by atoms with Gasteiger partial charge in [-0.3, -0.25) is 9.59 Å². The van der Waals surface area contributed by atoms with Crippen LogP contribution in [-0.2, 0) is 14.8 Å². The number of carbonyl (C=O) groups is 2. The van der Waals surface area contributed by atoms with Gasteiger partial charge in [-0.15, -0.1) is 0 Å². The Morgan fingerprint density at radius 3 is 2.62 bits per heavy atom. The van der Waals surface area contributed by atoms with E-state index in [9.17, 15) is 18.0 Å². The predicted octanol–water partition coefficient (Wildman–Crippen LogP) is 2.45. The molecule has 1 aliphatic rings. The minimum atomic E-state index is -3.85. The number of halogens is 1. The molecule has 1 saturated heterocycles. The molecule has 3 rings (SSSR count). The van der Waals surface area contributed by atoms with Crippen molar-refractivity contribution in [3.8, 4) is 0 Å². The Kier molecular flexibility index (Phi) is 6.71. The Hall–Kier alpha value is -2.23. The summed E-state index contributed by atoms with van der Waals surface area (Å²) in [6.45, 7) is 2.21. The number of amides is 2. The van der Waals surface area contributed by atoms with Gasteiger partial charge in [0.15, 0.2) is 0 Å². The Morgan fingerprint density at radius 2 is 1.97 bits per heavy atom. The number of piperazine rings is 1. The van der Waals surface area contributed by atoms with Gasteiger partial charge in [-0.2, -0.15) is 4.31 Å². The highest BCUT2D eigenvalue weighted by atomic mass is 79.9. The molecule has 9 heteroatoms. The van der Waals surface area contributed by atoms with Crippen molar-refractivity contribution in [2.75, 3.05) is 19.6 Å². The van der Waals surface area contributed by atoms with Crippen LogP contribution in [0.2, 0.25) is 0 Å². The maximum Gasteiger partial charge on any atom is 0.251 e. The van der Waals surface area contributed by atoms with Crippen LogP contribution in [-0.4, -0.2) is 44.2 Å². The fraction of sp³-hybridized carbons (Fsp3) is 0.300. The maximum atomic E-state index is 12.8. The topological polar surface area (TPSA) is 95.6 Å². The van der Waals surface area contributed by atoms with E-state index >= 15 is 0 Å². The monoisotopic (exact) mass is 479 g/mol. The van der Waals surface area contributed by atoms with Gasteiger partial charge in [0.25, 0.3) is 5.91 Å². The largest absolute Gasteiger partial charge is 0.354 e. The number of hydrogen-bond acceptors (Lipinski definition) is 4. The van der Waals surface area contributed by atoms with Gasteiger partial charge >= 0.3 is 0 Å². The van der Waals surface area contributed by atoms with Gasteiger partial charge in [0.2, 0.25) is 15.9 Å². The summed E-state index contributed by atoms with van der Waals surface area (Å²) in [7, 11) is -3.85. The zero-order valence-corrected chi connectivity index (χ0v) is 18.3. The zero-order valence-electron chi connectivity index (χ0n) is 15.9. The first-order valence-electron chi connectivity index (χ1n) is 9.24. The fourth-order valence-corrected chi connectivity index (χ4v) is 4.83. The van der Waals surface area contributed by atoms with E-state index in [1.165, 1.54) is 18.2 Å². The molecule has 7 nitrogen and oxygen atoms in total. The lowest BCUT2D eigenvalue weighted by atomic mass is 10.0. The third-order valence-corrected chi connectivity index (χ3v) is 7.09. The van der Waals surface area contributed by atoms with Crippen molar-refractivity contribution in [2.24, 2.45) is 0 Å². The van der Waals surface area contributed by atoms with E-state index in [-0.39, 0.29) is 47.9 Å². The van der Waals surface area contributed by atoms with Gasteiger partial charge < -0.3 is 10.6 Å². The number of rotatable bonds is 6. The van der Waals surface area contributed by atoms with E-state index in [4.69, 9.17) is 0 Å². The minimum absolute atomic E-state index is 0.00320. The SMILES string of the molecule is CCC(NC(=O)c1cccc(S(=O)(=O)N2CCNC(=O)C2)c1)c1ccc(Br)cc1. The standard InChI is InChI=1S/C20H22BrN3O4S/c1-2-18(14-6-8-16(21)9-7-14)23-20(26)15-4-3-5-17(12-15)29(27,28)24-11-10-22-19(25)13-24/h3-9,12,18H,2,10-11,13H2,1H3,(H,22,25)(H,23,26). The number of carbonyl (C=O) groups excluding carboxylic acids is 2. The summed E-state index contributed by atoms with van der Waals surface area (Å²) in [6.07, 6.45) is 0.689. The molecule has 1 heterocycles. The highest BCUT2D eigenvalue weighted by molar-refractivity contribution is 9.10. The van der Waals surface area contributed by atoms with Gasteiger partial charge in [0.1, 0.15) is 0 Å². The van der Waals surface area contributed by atoms with E-state index in [0.717, 1.165) is 14.3 Å². The van der Waals surface area contributed by atoms with Crippen LogP contribution < -0.4 is 10.6 Å². The second-order valence-electron chi connectivity index (χ2n) is 6.70. The molecule has 2 amide bonds. The highest BCUT2D eigenvalue weighted by Crippen LogP contribution is 2.21. The summed E-state index contributed by atoms with van der Waals surface area (Å²) >= 11 is 3.39. The number of hydrogen-bond donors (Lipinski definition) is 2. The molecule has 2 aromatic carbocycles. The molecule has 1 atom stereocenters. The van der Waals surface area contributed by atoms with E-state index in [1.807, 2.05) is 31.2 Å². The summed E-state index contributed by atoms with van der Waals surface area (Å²) in [5.41, 5.74) is 1.22. The van der Waals surface area contributed by atoms with Gasteiger partial charge in [0, 0.05) is 23.1 Å². The Morgan fingerprint density at radius 1 is 1.24 bits per heavy atom. The smallest absolute Gasteiger partial charge is 0.251 e. The fourth-order valence-electron chi connectivity index (χ4n) is 3.12. The van der Waals surface area contributed by atoms with Gasteiger partial charge in [-0.1, -0.05) is 41.1 Å². The number of nitrogens with zero attached hydrogens (tertiary/aromatic N) is 1. The quantitative estimate of drug-likeness (QED) is 0.664. The lowest BCUT2D eigenvalue weighted by Crippen LogP contribution is -2.49. The van der Waals surface area contributed by atoms with Crippen LogP contribution in [0.3, 0.4) is 0 Å². The normalized spacial score (nSPS) is 16.1. The molecule has 0 aliphatic carbocycles. The Bertz CT molecular complexity index is 1010. The van der Waals surface area contributed by atoms with Crippen LogP contribution in [0.15, 0.2) is 57.9 Å². The van der Waals surface area contributed by atoms with Gasteiger partial charge in [0.05, 0.1) is 17.5 Å². The van der Waals surface area contributed by atoms with E-state index < -0.39 is 10.0 Å². The second kappa shape index (κ2) is 9.06. The first-order chi connectivity index (χ1) is 13.8. The minimum Gasteiger partial charge on any atom is -0.354 e. The van der Waals surface area contributed by atoms with Crippen LogP contribution in [0.5, 0.6) is 0 Å². The molecule has 0 aromatic heterocycles. The average Bonchev–Trinajstić information content (AvgIpc) is 2.72. The summed E-state index contributed by atoms with van der Waals surface area (Å²) in [6, 6.07) is 13.4. The molecule has 2 aromatic rings. The molecule has 0 bridgehead atoms. The first-order valence-corrected chi connectivity index (χ1v) is 11.5. The summed E-state index contributed by atoms with van der Waals surface area (Å²) in [5.74, 6) is -0.692. The van der Waals surface area contributed by atoms with Crippen LogP contribution in [0.1, 0.15) is 35.3 Å². The maximum absolute atomic E-state index is 12.8. The summed E-state index contributed by atoms with van der Waals surface area (Å²) in [4.78, 5) is 24.3. The molecule has 0 radical (unpaired) electrons. The first kappa shape index (κ1) is 21.5. The molecule has 29 heavy (non-hydrogen) atoms. The van der Waals surface area contributed by atoms with Crippen molar-refractivity contribution in [1.82, 2.24) is 14.9 Å². The molecule has 1 unspecified atom stereocenters. The molecule has 0 spiro atoms. The molecular weight excluding hydrogens is 458 g/mol. The number of nitrogens with one attached hydrogen (secondary N) is 2. The van der Waals surface area contributed by atoms with Crippen molar-refractivity contribution in [1.29, 1.82) is 0 Å². The zero-order chi connectivity index (χ0) is 21.0. The summed E-state index contributed by atoms with van der Waals surface area (Å²) < 4.78 is 27.8. The van der Waals surface area contributed by atoms with E-state index in [2.05, 4.69) is 26.6 Å². The van der Waals surface area contributed by atoms with Crippen molar-refractivity contribution >= 4 is 37.8 Å². The third kappa shape index (κ3) is 5.04. The van der Waals surface area contributed by atoms with Crippen molar-refractivity contribution < 1.29 is 18.0 Å². The number of benzene rings is 2. The predicted molar refractivity (Wildman–Crippen MR) is 113 cm³/mol. The summed E-state index contributed by atoms with van der Waals surface area (Å²) in [5, 5.41) is 5.56. The lowest BCUT2D eigenvalue weighted by molar-refractivity contribution is -0.122. The van der Waals surface area contributed by atoms with Gasteiger partial charge in [-0.05, 0) is 42.3 Å². The number of sulfonamides is 1. The van der Waals surface area contributed by atoms with Gasteiger partial charge in [-0.25, -0.2) is 8.42 Å². The Balaban J connectivity index is 1.80. The average molecular weight is 480 g/mol. The Labute approximate surface area is 178 Å². The van der Waals surface area contributed by atoms with Crippen molar-refractivity contribution in [3.05, 3.63) is 64.1 Å². The highest BCUT2D eigenvalue weighted by Gasteiger charge is 2.29. The van der Waals surface area contributed by atoms with Crippen LogP contribution in [0, 0.1) is 0 Å². The molecule has 154 valence electrons. The molecule has 0 saturated carbocycles. The third-order valence-electron chi connectivity index (χ3n) is 4.72. The van der Waals surface area contributed by atoms with E-state index in [1.54, 1.807) is 6.07 Å². The molecular formula is C20H22BrN3O4S. The molecule has 1 aliphatic heterocycles. The second-order valence-corrected chi connectivity index (χ2v) is 9.56. The van der Waals surface area contributed by atoms with Crippen LogP contribution >= 0.6 is 15.9 Å².